The van der Waals surface area contributed by atoms with Crippen molar-refractivity contribution in [3.05, 3.63) is 49.4 Å². The summed E-state index contributed by atoms with van der Waals surface area (Å²) in [5.41, 5.74) is 0.984. The molecule has 0 amide bonds. The SMILES string of the molecule is C=C/C=C(\C=C/C)N(C=C)C=NC.CC. The van der Waals surface area contributed by atoms with Crippen LogP contribution >= 0.6 is 0 Å². The van der Waals surface area contributed by atoms with Crippen LogP contribution in [0.3, 0.4) is 0 Å². The van der Waals surface area contributed by atoms with Crippen molar-refractivity contribution < 1.29 is 0 Å². The van der Waals surface area contributed by atoms with Crippen molar-refractivity contribution in [3.8, 4) is 0 Å². The first-order valence-corrected chi connectivity index (χ1v) is 5.08. The van der Waals surface area contributed by atoms with E-state index >= 15 is 0 Å². The molecule has 2 heteroatoms. The second-order valence-electron chi connectivity index (χ2n) is 2.29. The van der Waals surface area contributed by atoms with E-state index < -0.39 is 0 Å². The molecule has 0 bridgehead atoms. The summed E-state index contributed by atoms with van der Waals surface area (Å²) in [5, 5.41) is 0. The molecule has 0 aromatic carbocycles. The molecule has 0 aromatic heterocycles. The Morgan fingerprint density at radius 3 is 2.20 bits per heavy atom. The summed E-state index contributed by atoms with van der Waals surface area (Å²) in [6.45, 7) is 13.3. The topological polar surface area (TPSA) is 15.6 Å². The van der Waals surface area contributed by atoms with Gasteiger partial charge in [-0.25, -0.2) is 0 Å². The van der Waals surface area contributed by atoms with Gasteiger partial charge >= 0.3 is 0 Å². The Morgan fingerprint density at radius 1 is 1.27 bits per heavy atom. The van der Waals surface area contributed by atoms with Crippen LogP contribution in [0, 0.1) is 0 Å². The van der Waals surface area contributed by atoms with Gasteiger partial charge in [-0.05, 0) is 19.1 Å². The fourth-order valence-corrected chi connectivity index (χ4v) is 0.863. The molecular formula is C13H22N2. The van der Waals surface area contributed by atoms with Crippen molar-refractivity contribution in [1.29, 1.82) is 0 Å². The summed E-state index contributed by atoms with van der Waals surface area (Å²) in [5.74, 6) is 0. The van der Waals surface area contributed by atoms with Gasteiger partial charge in [-0.3, -0.25) is 4.99 Å². The molecule has 0 aliphatic carbocycles. The number of rotatable bonds is 5. The first-order chi connectivity index (χ1) is 7.29. The molecule has 0 heterocycles. The van der Waals surface area contributed by atoms with Gasteiger partial charge in [-0.15, -0.1) is 0 Å². The smallest absolute Gasteiger partial charge is 0.0931 e. The van der Waals surface area contributed by atoms with Crippen LogP contribution in [-0.4, -0.2) is 18.3 Å². The summed E-state index contributed by atoms with van der Waals surface area (Å²) in [4.78, 5) is 5.73. The molecule has 0 saturated heterocycles. The van der Waals surface area contributed by atoms with Crippen LogP contribution < -0.4 is 0 Å². The van der Waals surface area contributed by atoms with E-state index in [9.17, 15) is 0 Å². The molecule has 0 unspecified atom stereocenters. The lowest BCUT2D eigenvalue weighted by atomic mass is 10.3. The van der Waals surface area contributed by atoms with Gasteiger partial charge in [-0.1, -0.05) is 39.2 Å². The van der Waals surface area contributed by atoms with Gasteiger partial charge < -0.3 is 4.90 Å². The molecular weight excluding hydrogens is 184 g/mol. The molecule has 15 heavy (non-hydrogen) atoms. The molecule has 0 fully saturated rings. The van der Waals surface area contributed by atoms with E-state index in [1.165, 1.54) is 0 Å². The van der Waals surface area contributed by atoms with Crippen LogP contribution in [0.1, 0.15) is 20.8 Å². The van der Waals surface area contributed by atoms with Crippen molar-refractivity contribution in [2.75, 3.05) is 7.05 Å². The molecule has 0 atom stereocenters. The highest BCUT2D eigenvalue weighted by Crippen LogP contribution is 2.04. The number of hydrogen-bond donors (Lipinski definition) is 0. The molecule has 0 spiro atoms. The van der Waals surface area contributed by atoms with Crippen molar-refractivity contribution in [2.45, 2.75) is 20.8 Å². The normalized spacial score (nSPS) is 11.1. The van der Waals surface area contributed by atoms with E-state index in [-0.39, 0.29) is 0 Å². The fourth-order valence-electron chi connectivity index (χ4n) is 0.863. The van der Waals surface area contributed by atoms with Crippen molar-refractivity contribution in [2.24, 2.45) is 4.99 Å². The predicted octanol–water partition coefficient (Wildman–Crippen LogP) is 3.76. The fraction of sp³-hybridized carbons (Fsp3) is 0.308. The summed E-state index contributed by atoms with van der Waals surface area (Å²) in [6, 6.07) is 0. The maximum absolute atomic E-state index is 3.91. The van der Waals surface area contributed by atoms with E-state index in [1.54, 1.807) is 25.7 Å². The molecule has 0 aliphatic heterocycles. The third kappa shape index (κ3) is 7.50. The lowest BCUT2D eigenvalue weighted by Crippen LogP contribution is -2.12. The van der Waals surface area contributed by atoms with Gasteiger partial charge in [0.05, 0.1) is 6.34 Å². The highest BCUT2D eigenvalue weighted by molar-refractivity contribution is 5.60. The molecule has 0 rings (SSSR count). The molecule has 0 radical (unpaired) electrons. The van der Waals surface area contributed by atoms with Crippen LogP contribution in [0.25, 0.3) is 0 Å². The second kappa shape index (κ2) is 12.4. The molecule has 2 nitrogen and oxygen atoms in total. The van der Waals surface area contributed by atoms with Gasteiger partial charge in [-0.2, -0.15) is 0 Å². The van der Waals surface area contributed by atoms with E-state index in [1.807, 2.05) is 43.9 Å². The van der Waals surface area contributed by atoms with Gasteiger partial charge in [0, 0.05) is 18.9 Å². The van der Waals surface area contributed by atoms with Gasteiger partial charge in [0.1, 0.15) is 0 Å². The Kier molecular flexibility index (Phi) is 13.2. The van der Waals surface area contributed by atoms with Gasteiger partial charge in [0.15, 0.2) is 0 Å². The van der Waals surface area contributed by atoms with Crippen LogP contribution in [0.2, 0.25) is 0 Å². The molecule has 0 N–H and O–H groups in total. The second-order valence-corrected chi connectivity index (χ2v) is 2.29. The zero-order valence-electron chi connectivity index (χ0n) is 10.3. The maximum atomic E-state index is 3.91. The minimum atomic E-state index is 0.984. The Morgan fingerprint density at radius 2 is 1.87 bits per heavy atom. The molecule has 0 saturated carbocycles. The van der Waals surface area contributed by atoms with E-state index in [4.69, 9.17) is 0 Å². The Labute approximate surface area is 94.0 Å². The summed E-state index contributed by atoms with van der Waals surface area (Å²) in [6.07, 6.45) is 10.9. The standard InChI is InChI=1S/C11H16N2.C2H6/c1-5-8-11(9-6-2)13(7-3)10-12-4;1-2/h5-10H,1,3H2,2,4H3;1-2H3/b9-6-,11-8+,12-10?;. The summed E-state index contributed by atoms with van der Waals surface area (Å²) >= 11 is 0. The minimum absolute atomic E-state index is 0.984. The molecule has 0 aliphatic rings. The summed E-state index contributed by atoms with van der Waals surface area (Å²) < 4.78 is 0. The van der Waals surface area contributed by atoms with Crippen molar-refractivity contribution >= 4 is 6.34 Å². The Bertz CT molecular complexity index is 247. The monoisotopic (exact) mass is 206 g/mol. The lowest BCUT2D eigenvalue weighted by Gasteiger charge is -2.14. The molecule has 0 aromatic rings. The van der Waals surface area contributed by atoms with Crippen molar-refractivity contribution in [3.63, 3.8) is 0 Å². The van der Waals surface area contributed by atoms with Crippen LogP contribution in [0.4, 0.5) is 0 Å². The zero-order chi connectivity index (χ0) is 12.1. The van der Waals surface area contributed by atoms with Gasteiger partial charge in [0.25, 0.3) is 0 Å². The maximum Gasteiger partial charge on any atom is 0.0931 e. The number of allylic oxidation sites excluding steroid dienone is 4. The number of nitrogens with zero attached hydrogens (tertiary/aromatic N) is 2. The third-order valence-corrected chi connectivity index (χ3v) is 1.36. The van der Waals surface area contributed by atoms with Crippen LogP contribution in [0.15, 0.2) is 54.4 Å². The lowest BCUT2D eigenvalue weighted by molar-refractivity contribution is 0.736. The number of aliphatic imine (C=N–C) groups is 1. The van der Waals surface area contributed by atoms with Crippen molar-refractivity contribution in [1.82, 2.24) is 4.90 Å². The zero-order valence-corrected chi connectivity index (χ0v) is 10.3. The Balaban J connectivity index is 0. The van der Waals surface area contributed by atoms with Crippen LogP contribution in [0.5, 0.6) is 0 Å². The number of hydrogen-bond acceptors (Lipinski definition) is 1. The highest BCUT2D eigenvalue weighted by Gasteiger charge is 1.96. The Hall–Kier alpha value is -1.57. The summed E-state index contributed by atoms with van der Waals surface area (Å²) in [7, 11) is 1.72. The van der Waals surface area contributed by atoms with E-state index in [0.717, 1.165) is 5.70 Å². The van der Waals surface area contributed by atoms with Gasteiger partial charge in [0.2, 0.25) is 0 Å². The first-order valence-electron chi connectivity index (χ1n) is 5.08. The average Bonchev–Trinajstić information content (AvgIpc) is 2.28. The van der Waals surface area contributed by atoms with E-state index in [2.05, 4.69) is 18.2 Å². The quantitative estimate of drug-likeness (QED) is 0.380. The predicted molar refractivity (Wildman–Crippen MR) is 70.9 cm³/mol. The first kappa shape index (κ1) is 15.9. The minimum Gasteiger partial charge on any atom is -0.309 e. The third-order valence-electron chi connectivity index (χ3n) is 1.36. The largest absolute Gasteiger partial charge is 0.309 e. The highest BCUT2D eigenvalue weighted by atomic mass is 15.1. The molecule has 84 valence electrons. The average molecular weight is 206 g/mol. The van der Waals surface area contributed by atoms with Crippen LogP contribution in [-0.2, 0) is 0 Å². The van der Waals surface area contributed by atoms with E-state index in [0.29, 0.717) is 0 Å².